The van der Waals surface area contributed by atoms with Crippen LogP contribution in [-0.2, 0) is 4.79 Å². The van der Waals surface area contributed by atoms with Crippen LogP contribution in [-0.4, -0.2) is 25.9 Å². The fourth-order valence-corrected chi connectivity index (χ4v) is 4.26. The summed E-state index contributed by atoms with van der Waals surface area (Å²) >= 11 is 2.85. The van der Waals surface area contributed by atoms with E-state index in [9.17, 15) is 13.6 Å². The van der Waals surface area contributed by atoms with E-state index in [-0.39, 0.29) is 5.69 Å². The van der Waals surface area contributed by atoms with Crippen LogP contribution in [0.5, 0.6) is 0 Å². The minimum atomic E-state index is -0.678. The molecule has 0 saturated heterocycles. The van der Waals surface area contributed by atoms with Gasteiger partial charge in [-0.15, -0.1) is 21.5 Å². The number of amides is 1. The third-order valence-corrected chi connectivity index (χ3v) is 6.08. The number of rotatable bonds is 6. The molecule has 140 valence electrons. The van der Waals surface area contributed by atoms with Crippen molar-refractivity contribution in [3.05, 3.63) is 47.3 Å². The Bertz CT molecular complexity index is 970. The van der Waals surface area contributed by atoms with E-state index in [1.165, 1.54) is 11.8 Å². The van der Waals surface area contributed by atoms with Crippen LogP contribution in [0, 0.1) is 11.6 Å². The minimum absolute atomic E-state index is 0.171. The number of thiophene rings is 1. The fourth-order valence-electron chi connectivity index (χ4n) is 2.63. The summed E-state index contributed by atoms with van der Waals surface area (Å²) in [6.07, 6.45) is 2.11. The first-order chi connectivity index (χ1) is 13.0. The van der Waals surface area contributed by atoms with Crippen LogP contribution in [0.1, 0.15) is 25.8 Å². The van der Waals surface area contributed by atoms with Gasteiger partial charge in [0.2, 0.25) is 5.91 Å². The van der Waals surface area contributed by atoms with E-state index in [0.717, 1.165) is 41.7 Å². The Morgan fingerprint density at radius 2 is 2.15 bits per heavy atom. The Labute approximate surface area is 162 Å². The van der Waals surface area contributed by atoms with Crippen molar-refractivity contribution in [2.45, 2.75) is 36.2 Å². The van der Waals surface area contributed by atoms with Crippen molar-refractivity contribution in [1.29, 1.82) is 0 Å². The van der Waals surface area contributed by atoms with Crippen molar-refractivity contribution >= 4 is 34.7 Å². The lowest BCUT2D eigenvalue weighted by atomic mass is 10.3. The zero-order valence-corrected chi connectivity index (χ0v) is 16.0. The smallest absolute Gasteiger partial charge is 0.237 e. The summed E-state index contributed by atoms with van der Waals surface area (Å²) in [5, 5.41) is 13.1. The van der Waals surface area contributed by atoms with Gasteiger partial charge in [-0.25, -0.2) is 8.78 Å². The quantitative estimate of drug-likeness (QED) is 0.601. The van der Waals surface area contributed by atoms with Crippen LogP contribution in [0.15, 0.2) is 40.9 Å². The van der Waals surface area contributed by atoms with E-state index in [2.05, 4.69) is 20.1 Å². The molecule has 9 heteroatoms. The Morgan fingerprint density at radius 1 is 1.33 bits per heavy atom. The maximum absolute atomic E-state index is 13.7. The molecule has 1 aliphatic rings. The lowest BCUT2D eigenvalue weighted by Gasteiger charge is -2.13. The number of nitrogens with zero attached hydrogens (tertiary/aromatic N) is 3. The molecule has 1 N–H and O–H groups in total. The van der Waals surface area contributed by atoms with Crippen LogP contribution in [0.2, 0.25) is 0 Å². The Hall–Kier alpha value is -2.26. The van der Waals surface area contributed by atoms with Crippen molar-refractivity contribution in [3.63, 3.8) is 0 Å². The number of hydrogen-bond acceptors (Lipinski definition) is 5. The molecule has 1 aliphatic carbocycles. The van der Waals surface area contributed by atoms with Crippen LogP contribution >= 0.6 is 23.1 Å². The van der Waals surface area contributed by atoms with Crippen molar-refractivity contribution in [3.8, 4) is 10.7 Å². The van der Waals surface area contributed by atoms with E-state index in [1.54, 1.807) is 18.3 Å². The molecule has 1 saturated carbocycles. The molecular formula is C18H16F2N4OS2. The number of nitrogens with one attached hydrogen (secondary N) is 1. The molecule has 4 rings (SSSR count). The molecule has 1 atom stereocenters. The molecule has 27 heavy (non-hydrogen) atoms. The Morgan fingerprint density at radius 3 is 2.85 bits per heavy atom. The highest BCUT2D eigenvalue weighted by Gasteiger charge is 2.31. The van der Waals surface area contributed by atoms with Gasteiger partial charge in [0.05, 0.1) is 15.8 Å². The Balaban J connectivity index is 1.52. The van der Waals surface area contributed by atoms with Gasteiger partial charge in [-0.3, -0.25) is 9.36 Å². The molecule has 1 fully saturated rings. The average molecular weight is 406 g/mol. The number of thioether (sulfide) groups is 1. The van der Waals surface area contributed by atoms with Gasteiger partial charge in [-0.05, 0) is 43.3 Å². The summed E-state index contributed by atoms with van der Waals surface area (Å²) in [6.45, 7) is 1.70. The number of carbonyl (C=O) groups excluding carboxylic acids is 1. The molecule has 2 aromatic heterocycles. The second-order valence-corrected chi connectivity index (χ2v) is 8.51. The van der Waals surface area contributed by atoms with Gasteiger partial charge >= 0.3 is 0 Å². The zero-order chi connectivity index (χ0) is 19.0. The molecule has 3 aromatic rings. The van der Waals surface area contributed by atoms with Gasteiger partial charge in [-0.2, -0.15) is 0 Å². The lowest BCUT2D eigenvalue weighted by molar-refractivity contribution is -0.115. The molecule has 0 radical (unpaired) electrons. The summed E-state index contributed by atoms with van der Waals surface area (Å²) in [5.41, 5.74) is -0.171. The summed E-state index contributed by atoms with van der Waals surface area (Å²) in [5.74, 6) is -0.907. The number of halogens is 2. The van der Waals surface area contributed by atoms with Crippen molar-refractivity contribution in [1.82, 2.24) is 14.8 Å². The van der Waals surface area contributed by atoms with E-state index >= 15 is 0 Å². The molecule has 5 nitrogen and oxygen atoms in total. The number of hydrogen-bond donors (Lipinski definition) is 1. The van der Waals surface area contributed by atoms with Gasteiger partial charge < -0.3 is 5.32 Å². The van der Waals surface area contributed by atoms with E-state index in [0.29, 0.717) is 11.2 Å². The van der Waals surface area contributed by atoms with Gasteiger partial charge in [-0.1, -0.05) is 17.8 Å². The monoisotopic (exact) mass is 406 g/mol. The third-order valence-electron chi connectivity index (χ3n) is 4.16. The molecule has 1 amide bonds. The normalized spacial score (nSPS) is 14.9. The molecule has 1 aromatic carbocycles. The summed E-state index contributed by atoms with van der Waals surface area (Å²) in [7, 11) is 0. The van der Waals surface area contributed by atoms with Crippen LogP contribution in [0.4, 0.5) is 14.5 Å². The maximum atomic E-state index is 13.7. The van der Waals surface area contributed by atoms with E-state index in [4.69, 9.17) is 0 Å². The summed E-state index contributed by atoms with van der Waals surface area (Å²) in [6, 6.07) is 7.25. The first-order valence-corrected chi connectivity index (χ1v) is 10.2. The topological polar surface area (TPSA) is 59.8 Å². The summed E-state index contributed by atoms with van der Waals surface area (Å²) in [4.78, 5) is 13.5. The van der Waals surface area contributed by atoms with Crippen LogP contribution < -0.4 is 5.32 Å². The second kappa shape index (κ2) is 7.40. The molecular weight excluding hydrogens is 390 g/mol. The number of carbonyl (C=O) groups is 1. The van der Waals surface area contributed by atoms with Gasteiger partial charge in [0.1, 0.15) is 11.6 Å². The van der Waals surface area contributed by atoms with Gasteiger partial charge in [0.25, 0.3) is 0 Å². The SMILES string of the molecule is C[C@H](Sc1nnc(-c2cccs2)n1C1CC1)C(=O)Nc1cc(F)ccc1F. The number of anilines is 1. The molecule has 2 heterocycles. The lowest BCUT2D eigenvalue weighted by Crippen LogP contribution is -2.23. The number of benzene rings is 1. The number of aromatic nitrogens is 3. The second-order valence-electron chi connectivity index (χ2n) is 6.26. The van der Waals surface area contributed by atoms with Crippen LogP contribution in [0.3, 0.4) is 0 Å². The molecule has 0 unspecified atom stereocenters. The summed E-state index contributed by atoms with van der Waals surface area (Å²) < 4.78 is 29.1. The highest BCUT2D eigenvalue weighted by molar-refractivity contribution is 8.00. The van der Waals surface area contributed by atoms with E-state index < -0.39 is 22.8 Å². The average Bonchev–Trinajstić information content (AvgIpc) is 3.16. The molecule has 0 spiro atoms. The van der Waals surface area contributed by atoms with Crippen molar-refractivity contribution in [2.24, 2.45) is 0 Å². The Kier molecular flexibility index (Phi) is 4.96. The first-order valence-electron chi connectivity index (χ1n) is 8.44. The molecule has 0 aliphatic heterocycles. The van der Waals surface area contributed by atoms with Crippen LogP contribution in [0.25, 0.3) is 10.7 Å². The third kappa shape index (κ3) is 3.89. The highest BCUT2D eigenvalue weighted by Crippen LogP contribution is 2.42. The predicted octanol–water partition coefficient (Wildman–Crippen LogP) is 4.74. The predicted molar refractivity (Wildman–Crippen MR) is 102 cm³/mol. The van der Waals surface area contributed by atoms with Crippen molar-refractivity contribution in [2.75, 3.05) is 5.32 Å². The van der Waals surface area contributed by atoms with E-state index in [1.807, 2.05) is 17.5 Å². The van der Waals surface area contributed by atoms with Crippen molar-refractivity contribution < 1.29 is 13.6 Å². The largest absolute Gasteiger partial charge is 0.323 e. The standard InChI is InChI=1S/C18H16F2N4OS2/c1-10(17(25)21-14-9-11(19)4-7-13(14)20)27-18-23-22-16(15-3-2-8-26-15)24(18)12-5-6-12/h2-4,7-10,12H,5-6H2,1H3,(H,21,25)/t10-/m0/s1. The fraction of sp³-hybridized carbons (Fsp3) is 0.278. The maximum Gasteiger partial charge on any atom is 0.237 e. The zero-order valence-electron chi connectivity index (χ0n) is 14.4. The van der Waals surface area contributed by atoms with Gasteiger partial charge in [0.15, 0.2) is 11.0 Å². The van der Waals surface area contributed by atoms with Gasteiger partial charge in [0, 0.05) is 12.1 Å². The minimum Gasteiger partial charge on any atom is -0.323 e. The molecule has 0 bridgehead atoms. The highest BCUT2D eigenvalue weighted by atomic mass is 32.2. The first kappa shape index (κ1) is 18.1.